The van der Waals surface area contributed by atoms with Crippen molar-refractivity contribution in [2.45, 2.75) is 19.6 Å². The molecule has 0 bridgehead atoms. The third kappa shape index (κ3) is 2.45. The largest absolute Gasteiger partial charge is 0.436 e. The molecule has 104 valence electrons. The highest BCUT2D eigenvalue weighted by Crippen LogP contribution is 2.33. The van der Waals surface area contributed by atoms with Crippen molar-refractivity contribution in [2.24, 2.45) is 0 Å². The van der Waals surface area contributed by atoms with Gasteiger partial charge in [0.15, 0.2) is 5.69 Å². The molecule has 0 amide bonds. The fourth-order valence-electron chi connectivity index (χ4n) is 1.85. The Morgan fingerprint density at radius 3 is 2.50 bits per heavy atom. The molecule has 0 spiro atoms. The number of rotatable bonds is 2. The number of aryl methyl sites for hydroxylation is 1. The molecule has 0 atom stereocenters. The van der Waals surface area contributed by atoms with Gasteiger partial charge in [-0.3, -0.25) is 0 Å². The van der Waals surface area contributed by atoms with Crippen molar-refractivity contribution in [3.05, 3.63) is 46.6 Å². The lowest BCUT2D eigenvalue weighted by molar-refractivity contribution is -0.141. The number of nitrogen functional groups attached to an aromatic ring is 1. The van der Waals surface area contributed by atoms with Crippen molar-refractivity contribution < 1.29 is 13.2 Å². The van der Waals surface area contributed by atoms with Gasteiger partial charge in [0.25, 0.3) is 0 Å². The molecule has 1 heterocycles. The van der Waals surface area contributed by atoms with E-state index in [1.165, 1.54) is 6.07 Å². The number of benzene rings is 1. The number of nitrogens with two attached hydrogens (primary N) is 1. The number of hydrogen-bond acceptors (Lipinski definition) is 3. The second-order valence-electron chi connectivity index (χ2n) is 4.30. The van der Waals surface area contributed by atoms with Gasteiger partial charge < -0.3 is 5.73 Å². The highest BCUT2D eigenvalue weighted by molar-refractivity contribution is 5.53. The quantitative estimate of drug-likeness (QED) is 0.919. The first-order valence-corrected chi connectivity index (χ1v) is 5.72. The lowest BCUT2D eigenvalue weighted by Gasteiger charge is -2.07. The summed E-state index contributed by atoms with van der Waals surface area (Å²) in [5, 5.41) is 12.2. The lowest BCUT2D eigenvalue weighted by Crippen LogP contribution is -2.10. The smallest absolute Gasteiger partial charge is 0.383 e. The van der Waals surface area contributed by atoms with Crippen LogP contribution in [0.2, 0.25) is 0 Å². The molecule has 20 heavy (non-hydrogen) atoms. The Morgan fingerprint density at radius 1 is 1.35 bits per heavy atom. The highest BCUT2D eigenvalue weighted by Gasteiger charge is 2.39. The predicted molar refractivity (Wildman–Crippen MR) is 66.6 cm³/mol. The third-order valence-electron chi connectivity index (χ3n) is 2.95. The van der Waals surface area contributed by atoms with Gasteiger partial charge in [0.1, 0.15) is 17.5 Å². The molecule has 2 aromatic rings. The van der Waals surface area contributed by atoms with Gasteiger partial charge in [0, 0.05) is 0 Å². The Morgan fingerprint density at radius 2 is 2.00 bits per heavy atom. The van der Waals surface area contributed by atoms with E-state index in [0.29, 0.717) is 0 Å². The van der Waals surface area contributed by atoms with Crippen LogP contribution in [0.15, 0.2) is 24.3 Å². The van der Waals surface area contributed by atoms with Crippen LogP contribution in [0.3, 0.4) is 0 Å². The van der Waals surface area contributed by atoms with E-state index in [0.717, 1.165) is 15.8 Å². The minimum atomic E-state index is -4.70. The molecule has 2 rings (SSSR count). The van der Waals surface area contributed by atoms with E-state index >= 15 is 0 Å². The second kappa shape index (κ2) is 4.89. The normalized spacial score (nSPS) is 11.3. The number of halogens is 3. The predicted octanol–water partition coefficient (Wildman–Crippen LogP) is 2.71. The minimum Gasteiger partial charge on any atom is -0.383 e. The summed E-state index contributed by atoms with van der Waals surface area (Å²) >= 11 is 0. The number of alkyl halides is 3. The van der Waals surface area contributed by atoms with Gasteiger partial charge in [-0.05, 0) is 18.1 Å². The van der Waals surface area contributed by atoms with E-state index in [-0.39, 0.29) is 12.4 Å². The molecule has 2 N–H and O–H groups in total. The van der Waals surface area contributed by atoms with Crippen molar-refractivity contribution in [3.8, 4) is 6.07 Å². The summed E-state index contributed by atoms with van der Waals surface area (Å²) in [5.74, 6) is -0.275. The molecule has 1 aromatic heterocycles. The molecule has 0 aliphatic heterocycles. The Hall–Kier alpha value is -2.49. The summed E-state index contributed by atoms with van der Waals surface area (Å²) in [6.07, 6.45) is -4.70. The molecule has 1 aromatic carbocycles. The van der Waals surface area contributed by atoms with Crippen molar-refractivity contribution >= 4 is 5.82 Å². The molecule has 0 saturated carbocycles. The molecule has 7 heteroatoms. The first-order valence-electron chi connectivity index (χ1n) is 5.72. The molecule has 4 nitrogen and oxygen atoms in total. The van der Waals surface area contributed by atoms with Crippen molar-refractivity contribution in [1.29, 1.82) is 5.26 Å². The van der Waals surface area contributed by atoms with Gasteiger partial charge >= 0.3 is 6.18 Å². The van der Waals surface area contributed by atoms with Crippen LogP contribution < -0.4 is 5.73 Å². The molecule has 0 fully saturated rings. The van der Waals surface area contributed by atoms with Crippen LogP contribution in [-0.2, 0) is 12.7 Å². The van der Waals surface area contributed by atoms with Gasteiger partial charge in [-0.15, -0.1) is 0 Å². The van der Waals surface area contributed by atoms with Gasteiger partial charge in [-0.25, -0.2) is 4.68 Å². The maximum atomic E-state index is 12.8. The Labute approximate surface area is 113 Å². The zero-order chi connectivity index (χ0) is 14.9. The molecule has 0 radical (unpaired) electrons. The van der Waals surface area contributed by atoms with E-state index in [2.05, 4.69) is 5.10 Å². The van der Waals surface area contributed by atoms with Crippen molar-refractivity contribution in [2.75, 3.05) is 5.73 Å². The third-order valence-corrected chi connectivity index (χ3v) is 2.95. The first kappa shape index (κ1) is 13.9. The van der Waals surface area contributed by atoms with E-state index in [1.54, 1.807) is 12.1 Å². The number of hydrogen-bond donors (Lipinski definition) is 1. The van der Waals surface area contributed by atoms with Crippen LogP contribution in [0.1, 0.15) is 22.4 Å². The average molecular weight is 280 g/mol. The Bertz CT molecular complexity index is 680. The van der Waals surface area contributed by atoms with Crippen LogP contribution in [-0.4, -0.2) is 9.78 Å². The standard InChI is InChI=1S/C13H11F3N4/c1-8-4-2-3-5-9(8)7-20-12(18)10(6-17)11(19-20)13(14,15)16/h2-5H,7,18H2,1H3. The summed E-state index contributed by atoms with van der Waals surface area (Å²) in [6, 6.07) is 8.68. The molecular formula is C13H11F3N4. The number of nitrogens with zero attached hydrogens (tertiary/aromatic N) is 3. The van der Waals surface area contributed by atoms with Gasteiger partial charge in [0.05, 0.1) is 6.54 Å². The Kier molecular flexibility index (Phi) is 3.40. The molecule has 0 aliphatic carbocycles. The maximum absolute atomic E-state index is 12.8. The highest BCUT2D eigenvalue weighted by atomic mass is 19.4. The zero-order valence-electron chi connectivity index (χ0n) is 10.6. The summed E-state index contributed by atoms with van der Waals surface area (Å²) < 4.78 is 39.3. The lowest BCUT2D eigenvalue weighted by atomic mass is 10.1. The van der Waals surface area contributed by atoms with Gasteiger partial charge in [0.2, 0.25) is 0 Å². The number of nitriles is 1. The topological polar surface area (TPSA) is 67.6 Å². The van der Waals surface area contributed by atoms with Crippen LogP contribution in [0.4, 0.5) is 19.0 Å². The summed E-state index contributed by atoms with van der Waals surface area (Å²) in [6.45, 7) is 1.92. The molecular weight excluding hydrogens is 269 g/mol. The average Bonchev–Trinajstić information content (AvgIpc) is 2.69. The SMILES string of the molecule is Cc1ccccc1Cn1nc(C(F)(F)F)c(C#N)c1N. The van der Waals surface area contributed by atoms with E-state index in [1.807, 2.05) is 19.1 Å². The van der Waals surface area contributed by atoms with Crippen LogP contribution in [0.25, 0.3) is 0 Å². The van der Waals surface area contributed by atoms with E-state index in [9.17, 15) is 13.2 Å². The van der Waals surface area contributed by atoms with Gasteiger partial charge in [-0.1, -0.05) is 24.3 Å². The van der Waals surface area contributed by atoms with Crippen molar-refractivity contribution in [1.82, 2.24) is 9.78 Å². The van der Waals surface area contributed by atoms with E-state index in [4.69, 9.17) is 11.0 Å². The fourth-order valence-corrected chi connectivity index (χ4v) is 1.85. The summed E-state index contributed by atoms with van der Waals surface area (Å²) in [5.41, 5.74) is 5.41. The molecule has 0 unspecified atom stereocenters. The van der Waals surface area contributed by atoms with Crippen LogP contribution in [0, 0.1) is 18.3 Å². The molecule has 0 aliphatic rings. The monoisotopic (exact) mass is 280 g/mol. The van der Waals surface area contributed by atoms with Crippen LogP contribution >= 0.6 is 0 Å². The van der Waals surface area contributed by atoms with Crippen LogP contribution in [0.5, 0.6) is 0 Å². The Balaban J connectivity index is 2.47. The molecule has 0 saturated heterocycles. The zero-order valence-corrected chi connectivity index (χ0v) is 10.6. The fraction of sp³-hybridized carbons (Fsp3) is 0.231. The van der Waals surface area contributed by atoms with E-state index < -0.39 is 17.4 Å². The van der Waals surface area contributed by atoms with Crippen molar-refractivity contribution in [3.63, 3.8) is 0 Å². The number of anilines is 1. The minimum absolute atomic E-state index is 0.0866. The van der Waals surface area contributed by atoms with Gasteiger partial charge in [-0.2, -0.15) is 23.5 Å². The second-order valence-corrected chi connectivity index (χ2v) is 4.30. The maximum Gasteiger partial charge on any atom is 0.436 e. The summed E-state index contributed by atoms with van der Waals surface area (Å²) in [7, 11) is 0. The first-order chi connectivity index (χ1) is 9.34. The summed E-state index contributed by atoms with van der Waals surface area (Å²) in [4.78, 5) is 0. The number of aromatic nitrogens is 2.